The maximum atomic E-state index is 5.18. The maximum Gasteiger partial charge on any atom is 0.191 e. The van der Waals surface area contributed by atoms with E-state index >= 15 is 0 Å². The highest BCUT2D eigenvalue weighted by molar-refractivity contribution is 5.79. The quantitative estimate of drug-likeness (QED) is 0.632. The molecule has 2 aromatic carbocycles. The van der Waals surface area contributed by atoms with E-state index in [1.165, 1.54) is 11.1 Å². The van der Waals surface area contributed by atoms with E-state index in [-0.39, 0.29) is 5.41 Å². The standard InChI is InChI=1S/C20H27N3O/c1-20(2,17-8-6-5-7-9-17)15-23-19(21-3)22-14-16-10-12-18(24-4)13-11-16/h5-13H,14-15H2,1-4H3,(H2,21,22,23). The zero-order chi connectivity index (χ0) is 17.4. The molecular formula is C20H27N3O. The normalized spacial score (nSPS) is 11.9. The van der Waals surface area contributed by atoms with E-state index in [1.54, 1.807) is 14.2 Å². The van der Waals surface area contributed by atoms with E-state index in [9.17, 15) is 0 Å². The summed E-state index contributed by atoms with van der Waals surface area (Å²) < 4.78 is 5.18. The van der Waals surface area contributed by atoms with Crippen LogP contribution in [0.15, 0.2) is 59.6 Å². The van der Waals surface area contributed by atoms with Crippen molar-refractivity contribution in [3.8, 4) is 5.75 Å². The molecule has 0 aliphatic heterocycles. The smallest absolute Gasteiger partial charge is 0.191 e. The van der Waals surface area contributed by atoms with Crippen molar-refractivity contribution in [3.63, 3.8) is 0 Å². The molecule has 4 heteroatoms. The fraction of sp³-hybridized carbons (Fsp3) is 0.350. The van der Waals surface area contributed by atoms with Gasteiger partial charge in [0, 0.05) is 25.6 Å². The Bertz CT molecular complexity index is 648. The van der Waals surface area contributed by atoms with E-state index < -0.39 is 0 Å². The highest BCUT2D eigenvalue weighted by Crippen LogP contribution is 2.21. The Kier molecular flexibility index (Phi) is 6.24. The van der Waals surface area contributed by atoms with E-state index in [0.29, 0.717) is 0 Å². The van der Waals surface area contributed by atoms with Crippen molar-refractivity contribution < 1.29 is 4.74 Å². The molecule has 24 heavy (non-hydrogen) atoms. The van der Waals surface area contributed by atoms with Crippen LogP contribution in [-0.2, 0) is 12.0 Å². The molecule has 0 aromatic heterocycles. The summed E-state index contributed by atoms with van der Waals surface area (Å²) in [5.41, 5.74) is 2.52. The Morgan fingerprint density at radius 3 is 2.25 bits per heavy atom. The average molecular weight is 325 g/mol. The summed E-state index contributed by atoms with van der Waals surface area (Å²) in [7, 11) is 3.46. The molecule has 0 amide bonds. The molecule has 0 atom stereocenters. The number of guanidine groups is 1. The van der Waals surface area contributed by atoms with Crippen molar-refractivity contribution in [2.24, 2.45) is 4.99 Å². The van der Waals surface area contributed by atoms with Crippen LogP contribution in [0.1, 0.15) is 25.0 Å². The third kappa shape index (κ3) is 5.01. The van der Waals surface area contributed by atoms with Crippen LogP contribution in [0.2, 0.25) is 0 Å². The number of benzene rings is 2. The maximum absolute atomic E-state index is 5.18. The summed E-state index contributed by atoms with van der Waals surface area (Å²) >= 11 is 0. The highest BCUT2D eigenvalue weighted by atomic mass is 16.5. The lowest BCUT2D eigenvalue weighted by atomic mass is 9.85. The van der Waals surface area contributed by atoms with E-state index in [1.807, 2.05) is 30.3 Å². The van der Waals surface area contributed by atoms with Gasteiger partial charge in [-0.2, -0.15) is 0 Å². The number of rotatable bonds is 6. The number of nitrogens with one attached hydrogen (secondary N) is 2. The van der Waals surface area contributed by atoms with Crippen LogP contribution >= 0.6 is 0 Å². The van der Waals surface area contributed by atoms with Crippen LogP contribution in [0.3, 0.4) is 0 Å². The van der Waals surface area contributed by atoms with E-state index in [0.717, 1.165) is 24.8 Å². The molecular weight excluding hydrogens is 298 g/mol. The second-order valence-corrected chi connectivity index (χ2v) is 6.38. The summed E-state index contributed by atoms with van der Waals surface area (Å²) in [5, 5.41) is 6.76. The number of hydrogen-bond acceptors (Lipinski definition) is 2. The number of nitrogens with zero attached hydrogens (tertiary/aromatic N) is 1. The second kappa shape index (κ2) is 8.39. The van der Waals surface area contributed by atoms with Gasteiger partial charge in [-0.15, -0.1) is 0 Å². The summed E-state index contributed by atoms with van der Waals surface area (Å²) in [6.07, 6.45) is 0. The molecule has 0 unspecified atom stereocenters. The lowest BCUT2D eigenvalue weighted by molar-refractivity contribution is 0.414. The van der Waals surface area contributed by atoms with Gasteiger partial charge < -0.3 is 15.4 Å². The minimum Gasteiger partial charge on any atom is -0.497 e. The zero-order valence-electron chi connectivity index (χ0n) is 15.0. The first-order valence-corrected chi connectivity index (χ1v) is 8.18. The molecule has 2 aromatic rings. The first kappa shape index (κ1) is 17.9. The van der Waals surface area contributed by atoms with E-state index in [4.69, 9.17) is 4.74 Å². The van der Waals surface area contributed by atoms with Crippen LogP contribution < -0.4 is 15.4 Å². The van der Waals surface area contributed by atoms with E-state index in [2.05, 4.69) is 53.7 Å². The van der Waals surface area contributed by atoms with Gasteiger partial charge >= 0.3 is 0 Å². The van der Waals surface area contributed by atoms with Gasteiger partial charge in [-0.3, -0.25) is 4.99 Å². The Balaban J connectivity index is 1.88. The van der Waals surface area contributed by atoms with Gasteiger partial charge in [0.05, 0.1) is 7.11 Å². The molecule has 0 fully saturated rings. The zero-order valence-corrected chi connectivity index (χ0v) is 15.0. The number of aliphatic imine (C=N–C) groups is 1. The van der Waals surface area contributed by atoms with Crippen molar-refractivity contribution in [1.82, 2.24) is 10.6 Å². The largest absolute Gasteiger partial charge is 0.497 e. The third-order valence-corrected chi connectivity index (χ3v) is 4.10. The van der Waals surface area contributed by atoms with Gasteiger partial charge in [-0.05, 0) is 23.3 Å². The fourth-order valence-electron chi connectivity index (χ4n) is 2.45. The van der Waals surface area contributed by atoms with Crippen LogP contribution in [0.5, 0.6) is 5.75 Å². The minimum absolute atomic E-state index is 0.0268. The van der Waals surface area contributed by atoms with Gasteiger partial charge in [0.2, 0.25) is 0 Å². The predicted octanol–water partition coefficient (Wildman–Crippen LogP) is 3.34. The van der Waals surface area contributed by atoms with Crippen molar-refractivity contribution >= 4 is 5.96 Å². The minimum atomic E-state index is 0.0268. The van der Waals surface area contributed by atoms with Gasteiger partial charge in [0.1, 0.15) is 5.75 Å². The van der Waals surface area contributed by atoms with Gasteiger partial charge in [-0.25, -0.2) is 0 Å². The Morgan fingerprint density at radius 1 is 1.00 bits per heavy atom. The molecule has 0 aliphatic carbocycles. The predicted molar refractivity (Wildman–Crippen MR) is 101 cm³/mol. The van der Waals surface area contributed by atoms with Crippen molar-refractivity contribution in [1.29, 1.82) is 0 Å². The summed E-state index contributed by atoms with van der Waals surface area (Å²) in [4.78, 5) is 4.30. The highest BCUT2D eigenvalue weighted by Gasteiger charge is 2.20. The van der Waals surface area contributed by atoms with Crippen LogP contribution in [0.25, 0.3) is 0 Å². The lowest BCUT2D eigenvalue weighted by Gasteiger charge is -2.26. The molecule has 0 bridgehead atoms. The summed E-state index contributed by atoms with van der Waals surface area (Å²) in [6.45, 7) is 5.98. The van der Waals surface area contributed by atoms with Crippen molar-refractivity contribution in [3.05, 3.63) is 65.7 Å². The summed E-state index contributed by atoms with van der Waals surface area (Å²) in [6, 6.07) is 18.5. The SMILES string of the molecule is CN=C(NCc1ccc(OC)cc1)NCC(C)(C)c1ccccc1. The molecule has 2 rings (SSSR count). The molecule has 0 aliphatic rings. The Hall–Kier alpha value is -2.49. The van der Waals surface area contributed by atoms with Crippen LogP contribution in [0, 0.1) is 0 Å². The molecule has 0 heterocycles. The number of ether oxygens (including phenoxy) is 1. The molecule has 2 N–H and O–H groups in total. The first-order valence-electron chi connectivity index (χ1n) is 8.18. The Labute approximate surface area is 145 Å². The topological polar surface area (TPSA) is 45.7 Å². The first-order chi connectivity index (χ1) is 11.5. The second-order valence-electron chi connectivity index (χ2n) is 6.38. The number of methoxy groups -OCH3 is 1. The van der Waals surface area contributed by atoms with Gasteiger partial charge in [0.25, 0.3) is 0 Å². The lowest BCUT2D eigenvalue weighted by Crippen LogP contribution is -2.43. The molecule has 128 valence electrons. The fourth-order valence-corrected chi connectivity index (χ4v) is 2.45. The molecule has 0 radical (unpaired) electrons. The monoisotopic (exact) mass is 325 g/mol. The molecule has 0 saturated carbocycles. The van der Waals surface area contributed by atoms with Crippen molar-refractivity contribution in [2.75, 3.05) is 20.7 Å². The van der Waals surface area contributed by atoms with Crippen molar-refractivity contribution in [2.45, 2.75) is 25.8 Å². The Morgan fingerprint density at radius 2 is 1.67 bits per heavy atom. The average Bonchev–Trinajstić information content (AvgIpc) is 2.63. The molecule has 0 saturated heterocycles. The summed E-state index contributed by atoms with van der Waals surface area (Å²) in [5.74, 6) is 1.67. The molecule has 4 nitrogen and oxygen atoms in total. The molecule has 0 spiro atoms. The number of hydrogen-bond donors (Lipinski definition) is 2. The van der Waals surface area contributed by atoms with Gasteiger partial charge in [0.15, 0.2) is 5.96 Å². The third-order valence-electron chi connectivity index (χ3n) is 4.10. The van der Waals surface area contributed by atoms with Crippen LogP contribution in [0.4, 0.5) is 0 Å². The van der Waals surface area contributed by atoms with Gasteiger partial charge in [-0.1, -0.05) is 56.3 Å². The van der Waals surface area contributed by atoms with Crippen LogP contribution in [-0.4, -0.2) is 26.7 Å².